The summed E-state index contributed by atoms with van der Waals surface area (Å²) in [6.07, 6.45) is 0. The van der Waals surface area contributed by atoms with Crippen LogP contribution in [0.4, 0.5) is 0 Å². The average molecular weight is 244 g/mol. The van der Waals surface area contributed by atoms with Gasteiger partial charge in [-0.1, -0.05) is 12.1 Å². The summed E-state index contributed by atoms with van der Waals surface area (Å²) in [5, 5.41) is 0. The molecule has 0 radical (unpaired) electrons. The van der Waals surface area contributed by atoms with Crippen LogP contribution in [0.15, 0.2) is 29.3 Å². The van der Waals surface area contributed by atoms with Crippen LogP contribution < -0.4 is 4.74 Å². The summed E-state index contributed by atoms with van der Waals surface area (Å²) in [4.78, 5) is 35.9. The fourth-order valence-corrected chi connectivity index (χ4v) is 2.16. The Hall–Kier alpha value is -2.23. The van der Waals surface area contributed by atoms with Crippen LogP contribution >= 0.6 is 0 Å². The van der Waals surface area contributed by atoms with E-state index in [-0.39, 0.29) is 22.5 Å². The van der Waals surface area contributed by atoms with Crippen molar-refractivity contribution < 1.29 is 19.1 Å². The molecule has 0 N–H and O–H groups in total. The van der Waals surface area contributed by atoms with Crippen molar-refractivity contribution in [1.82, 2.24) is 0 Å². The number of allylic oxidation sites excluding steroid dienone is 2. The molecular weight excluding hydrogens is 232 g/mol. The minimum absolute atomic E-state index is 0.0444. The Morgan fingerprint density at radius 3 is 2.39 bits per heavy atom. The molecule has 0 aliphatic heterocycles. The fraction of sp³-hybridized carbons (Fsp3) is 0.214. The molecule has 0 fully saturated rings. The molecule has 0 aromatic heterocycles. The summed E-state index contributed by atoms with van der Waals surface area (Å²) >= 11 is 0. The number of ether oxygens (including phenoxy) is 1. The molecule has 1 aromatic carbocycles. The van der Waals surface area contributed by atoms with E-state index in [4.69, 9.17) is 4.74 Å². The minimum Gasteiger partial charge on any atom is -0.496 e. The van der Waals surface area contributed by atoms with Gasteiger partial charge in [-0.2, -0.15) is 0 Å². The molecule has 1 aliphatic carbocycles. The summed E-state index contributed by atoms with van der Waals surface area (Å²) < 4.78 is 5.09. The molecule has 0 heterocycles. The Bertz CT molecular complexity index is 608. The lowest BCUT2D eigenvalue weighted by Gasteiger charge is -2.19. The predicted molar refractivity (Wildman–Crippen MR) is 65.0 cm³/mol. The summed E-state index contributed by atoms with van der Waals surface area (Å²) in [6, 6.07) is 4.82. The molecule has 1 aromatic rings. The van der Waals surface area contributed by atoms with E-state index in [1.54, 1.807) is 18.2 Å². The Morgan fingerprint density at radius 1 is 1.17 bits per heavy atom. The monoisotopic (exact) mass is 244 g/mol. The van der Waals surface area contributed by atoms with Gasteiger partial charge in [0.15, 0.2) is 11.6 Å². The molecule has 0 spiro atoms. The van der Waals surface area contributed by atoms with E-state index in [9.17, 15) is 14.4 Å². The summed E-state index contributed by atoms with van der Waals surface area (Å²) in [5.74, 6) is -0.819. The van der Waals surface area contributed by atoms with E-state index in [1.807, 2.05) is 0 Å². The van der Waals surface area contributed by atoms with Gasteiger partial charge >= 0.3 is 0 Å². The lowest BCUT2D eigenvalue weighted by molar-refractivity contribution is -0.113. The van der Waals surface area contributed by atoms with Gasteiger partial charge in [-0.05, 0) is 19.9 Å². The molecule has 0 amide bonds. The van der Waals surface area contributed by atoms with Gasteiger partial charge in [-0.15, -0.1) is 0 Å². The summed E-state index contributed by atoms with van der Waals surface area (Å²) in [5.41, 5.74) is 0.632. The number of carbonyl (C=O) groups excluding carboxylic acids is 3. The first-order valence-electron chi connectivity index (χ1n) is 5.47. The Kier molecular flexibility index (Phi) is 2.87. The maximum atomic E-state index is 12.3. The lowest BCUT2D eigenvalue weighted by Crippen LogP contribution is -2.25. The maximum absolute atomic E-state index is 12.3. The highest BCUT2D eigenvalue weighted by Gasteiger charge is 2.34. The lowest BCUT2D eigenvalue weighted by atomic mass is 9.83. The van der Waals surface area contributed by atoms with Crippen LogP contribution in [0.1, 0.15) is 34.6 Å². The summed E-state index contributed by atoms with van der Waals surface area (Å²) in [7, 11) is 1.42. The second-order valence-corrected chi connectivity index (χ2v) is 4.10. The number of ketones is 3. The zero-order chi connectivity index (χ0) is 13.4. The van der Waals surface area contributed by atoms with Gasteiger partial charge in [0.05, 0.1) is 18.2 Å². The third-order valence-electron chi connectivity index (χ3n) is 3.01. The molecule has 2 rings (SSSR count). The molecule has 92 valence electrons. The van der Waals surface area contributed by atoms with Crippen molar-refractivity contribution in [1.29, 1.82) is 0 Å². The number of methoxy groups -OCH3 is 1. The van der Waals surface area contributed by atoms with Crippen molar-refractivity contribution in [3.05, 3.63) is 40.5 Å². The SMILES string of the molecule is COc1cccc2c1C(=O)C(C(C)=O)=C(C)C2=O. The molecular formula is C14H12O4. The first kappa shape index (κ1) is 12.2. The predicted octanol–water partition coefficient (Wildman–Crippen LogP) is 1.98. The first-order valence-corrected chi connectivity index (χ1v) is 5.47. The third kappa shape index (κ3) is 1.57. The molecule has 0 saturated heterocycles. The number of fused-ring (bicyclic) bond motifs is 1. The molecule has 0 bridgehead atoms. The van der Waals surface area contributed by atoms with Gasteiger partial charge < -0.3 is 4.74 Å². The van der Waals surface area contributed by atoms with E-state index in [0.29, 0.717) is 11.3 Å². The number of Topliss-reactive ketones (excluding diaryl/α,β-unsaturated/α-hetero) is 3. The van der Waals surface area contributed by atoms with Crippen LogP contribution in [0.25, 0.3) is 0 Å². The van der Waals surface area contributed by atoms with Crippen LogP contribution in [0.2, 0.25) is 0 Å². The molecule has 4 heteroatoms. The number of benzene rings is 1. The topological polar surface area (TPSA) is 60.4 Å². The van der Waals surface area contributed by atoms with Crippen LogP contribution in [0.3, 0.4) is 0 Å². The van der Waals surface area contributed by atoms with Crippen molar-refractivity contribution >= 4 is 17.3 Å². The van der Waals surface area contributed by atoms with Gasteiger partial charge in [0, 0.05) is 11.1 Å². The minimum atomic E-state index is -0.438. The molecule has 0 unspecified atom stereocenters. The normalized spacial score (nSPS) is 14.6. The largest absolute Gasteiger partial charge is 0.496 e. The summed E-state index contributed by atoms with van der Waals surface area (Å²) in [6.45, 7) is 2.78. The van der Waals surface area contributed by atoms with E-state index in [2.05, 4.69) is 0 Å². The van der Waals surface area contributed by atoms with Gasteiger partial charge in [0.25, 0.3) is 0 Å². The van der Waals surface area contributed by atoms with Crippen molar-refractivity contribution in [2.75, 3.05) is 7.11 Å². The Labute approximate surface area is 104 Å². The number of hydrogen-bond donors (Lipinski definition) is 0. The standard InChI is InChI=1S/C14H12O4/c1-7-11(8(2)15)14(17)12-9(13(7)16)5-4-6-10(12)18-3/h4-6H,1-3H3. The smallest absolute Gasteiger partial charge is 0.201 e. The van der Waals surface area contributed by atoms with Crippen molar-refractivity contribution in [3.63, 3.8) is 0 Å². The van der Waals surface area contributed by atoms with Crippen LogP contribution in [0, 0.1) is 0 Å². The van der Waals surface area contributed by atoms with Crippen molar-refractivity contribution in [3.8, 4) is 5.75 Å². The van der Waals surface area contributed by atoms with Gasteiger partial charge in [-0.3, -0.25) is 14.4 Å². The molecule has 1 aliphatic rings. The number of rotatable bonds is 2. The van der Waals surface area contributed by atoms with E-state index < -0.39 is 11.6 Å². The maximum Gasteiger partial charge on any atom is 0.201 e. The highest BCUT2D eigenvalue weighted by Crippen LogP contribution is 2.32. The van der Waals surface area contributed by atoms with Gasteiger partial charge in [0.2, 0.25) is 5.78 Å². The van der Waals surface area contributed by atoms with Crippen LogP contribution in [0.5, 0.6) is 5.75 Å². The molecule has 0 atom stereocenters. The Balaban J connectivity index is 2.77. The third-order valence-corrected chi connectivity index (χ3v) is 3.01. The average Bonchev–Trinajstić information content (AvgIpc) is 2.34. The molecule has 4 nitrogen and oxygen atoms in total. The second-order valence-electron chi connectivity index (χ2n) is 4.10. The first-order chi connectivity index (χ1) is 8.49. The van der Waals surface area contributed by atoms with E-state index in [1.165, 1.54) is 21.0 Å². The quantitative estimate of drug-likeness (QED) is 0.746. The van der Waals surface area contributed by atoms with Gasteiger partial charge in [-0.25, -0.2) is 0 Å². The van der Waals surface area contributed by atoms with Crippen molar-refractivity contribution in [2.24, 2.45) is 0 Å². The van der Waals surface area contributed by atoms with E-state index in [0.717, 1.165) is 0 Å². The highest BCUT2D eigenvalue weighted by molar-refractivity contribution is 6.36. The molecule has 18 heavy (non-hydrogen) atoms. The van der Waals surface area contributed by atoms with Crippen LogP contribution in [-0.2, 0) is 4.79 Å². The number of hydrogen-bond acceptors (Lipinski definition) is 4. The fourth-order valence-electron chi connectivity index (χ4n) is 2.16. The molecule has 0 saturated carbocycles. The second kappa shape index (κ2) is 4.22. The highest BCUT2D eigenvalue weighted by atomic mass is 16.5. The number of carbonyl (C=O) groups is 3. The van der Waals surface area contributed by atoms with E-state index >= 15 is 0 Å². The van der Waals surface area contributed by atoms with Crippen LogP contribution in [-0.4, -0.2) is 24.5 Å². The zero-order valence-corrected chi connectivity index (χ0v) is 10.4. The zero-order valence-electron chi connectivity index (χ0n) is 10.4. The van der Waals surface area contributed by atoms with Gasteiger partial charge in [0.1, 0.15) is 5.75 Å². The van der Waals surface area contributed by atoms with Crippen molar-refractivity contribution in [2.45, 2.75) is 13.8 Å². The Morgan fingerprint density at radius 2 is 1.83 bits per heavy atom.